The first kappa shape index (κ1) is 25.6. The topological polar surface area (TPSA) is 146 Å². The molecule has 1 aliphatic heterocycles. The molecule has 0 radical (unpaired) electrons. The second-order valence-electron chi connectivity index (χ2n) is 8.15. The smallest absolute Gasteiger partial charge is 0.442 e. The zero-order valence-electron chi connectivity index (χ0n) is 18.2. The normalized spacial score (nSPS) is 18.0. The van der Waals surface area contributed by atoms with E-state index in [4.69, 9.17) is 9.84 Å². The van der Waals surface area contributed by atoms with Crippen LogP contribution in [0.5, 0.6) is 0 Å². The summed E-state index contributed by atoms with van der Waals surface area (Å²) < 4.78 is 37.1. The van der Waals surface area contributed by atoms with Crippen molar-refractivity contribution in [3.63, 3.8) is 0 Å². The lowest BCUT2D eigenvalue weighted by molar-refractivity contribution is -0.144. The van der Waals surface area contributed by atoms with E-state index in [2.05, 4.69) is 9.84 Å². The van der Waals surface area contributed by atoms with E-state index in [9.17, 15) is 28.2 Å². The van der Waals surface area contributed by atoms with Gasteiger partial charge < -0.3 is 19.7 Å². The maximum atomic E-state index is 14.2. The zero-order chi connectivity index (χ0) is 24.3. The summed E-state index contributed by atoms with van der Waals surface area (Å²) in [6, 6.07) is 3.93. The van der Waals surface area contributed by atoms with Crippen LogP contribution in [-0.2, 0) is 23.4 Å². The molecule has 1 saturated heterocycles. The van der Waals surface area contributed by atoms with Crippen LogP contribution in [0.15, 0.2) is 18.2 Å². The van der Waals surface area contributed by atoms with Gasteiger partial charge in [0, 0.05) is 13.5 Å². The number of ether oxygens (including phenoxy) is 1. The summed E-state index contributed by atoms with van der Waals surface area (Å²) in [5, 5.41) is 11.5. The van der Waals surface area contributed by atoms with Crippen molar-refractivity contribution >= 4 is 37.1 Å². The third-order valence-electron chi connectivity index (χ3n) is 4.43. The first-order chi connectivity index (χ1) is 14.8. The molecule has 0 bridgehead atoms. The minimum atomic E-state index is -4.86. The fraction of sp³-hybridized carbons (Fsp3) is 0.526. The van der Waals surface area contributed by atoms with Crippen LogP contribution in [0, 0.1) is 11.2 Å². The van der Waals surface area contributed by atoms with Crippen LogP contribution in [0.25, 0.3) is 0 Å². The van der Waals surface area contributed by atoms with Crippen LogP contribution in [0.3, 0.4) is 0 Å². The molecule has 32 heavy (non-hydrogen) atoms. The number of cyclic esters (lactones) is 1. The van der Waals surface area contributed by atoms with E-state index in [0.29, 0.717) is 4.67 Å². The van der Waals surface area contributed by atoms with Gasteiger partial charge in [0.2, 0.25) is 5.91 Å². The number of aliphatic hydroxyl groups excluding tert-OH is 1. The minimum absolute atomic E-state index is 0.136. The van der Waals surface area contributed by atoms with Crippen LogP contribution in [0.1, 0.15) is 27.7 Å². The Morgan fingerprint density at radius 1 is 1.41 bits per heavy atom. The molecule has 2 atom stereocenters. The highest BCUT2D eigenvalue weighted by atomic mass is 31.2. The van der Waals surface area contributed by atoms with E-state index in [1.807, 2.05) is 0 Å². The molecule has 1 heterocycles. The van der Waals surface area contributed by atoms with Crippen LogP contribution in [0.2, 0.25) is 0 Å². The molecule has 1 unspecified atom stereocenters. The molecule has 11 nitrogen and oxygen atoms in total. The predicted octanol–water partition coefficient (Wildman–Crippen LogP) is 2.09. The van der Waals surface area contributed by atoms with E-state index in [1.54, 1.807) is 0 Å². The van der Waals surface area contributed by atoms with Gasteiger partial charge in [0.1, 0.15) is 11.9 Å². The number of amides is 2. The molecule has 0 spiro atoms. The van der Waals surface area contributed by atoms with Crippen molar-refractivity contribution in [2.24, 2.45) is 5.41 Å². The van der Waals surface area contributed by atoms with Crippen LogP contribution in [-0.4, -0.2) is 65.0 Å². The Kier molecular flexibility index (Phi) is 7.87. The Balaban J connectivity index is 2.14. The standard InChI is InChI=1S/C19H27FN3O8P/c1-12(25)23(32(28,29)31-17(26)19(2,3)4)11-14-10-22(18(27)30-14)13-5-6-16(15(20)9-13)21-7-8-24/h5-6,9,14,21,24H,7-8,10-11H2,1-4H3,(H,28,29)/t14-/m1/s1. The molecule has 1 aromatic rings. The van der Waals surface area contributed by atoms with Crippen molar-refractivity contribution in [3.05, 3.63) is 24.0 Å². The largest absolute Gasteiger partial charge is 0.490 e. The van der Waals surface area contributed by atoms with Gasteiger partial charge in [-0.3, -0.25) is 19.4 Å². The molecule has 3 N–H and O–H groups in total. The Morgan fingerprint density at radius 2 is 2.06 bits per heavy atom. The van der Waals surface area contributed by atoms with Crippen molar-refractivity contribution in [2.75, 3.05) is 36.5 Å². The molecular weight excluding hydrogens is 448 g/mol. The summed E-state index contributed by atoms with van der Waals surface area (Å²) in [6.07, 6.45) is -1.87. The number of benzene rings is 1. The van der Waals surface area contributed by atoms with Gasteiger partial charge in [0.05, 0.1) is 36.5 Å². The van der Waals surface area contributed by atoms with Gasteiger partial charge in [-0.1, -0.05) is 0 Å². The van der Waals surface area contributed by atoms with Gasteiger partial charge in [-0.25, -0.2) is 18.4 Å². The molecule has 1 aromatic carbocycles. The van der Waals surface area contributed by atoms with E-state index >= 15 is 0 Å². The third-order valence-corrected chi connectivity index (χ3v) is 5.88. The van der Waals surface area contributed by atoms with Gasteiger partial charge in [-0.15, -0.1) is 0 Å². The SMILES string of the molecule is CC(=O)N(C[C@H]1CN(c2ccc(NCCO)c(F)c2)C(=O)O1)P(=O)(O)OC(=O)C(C)(C)C. The minimum Gasteiger partial charge on any atom is -0.442 e. The van der Waals surface area contributed by atoms with E-state index in [-0.39, 0.29) is 31.1 Å². The average Bonchev–Trinajstić information content (AvgIpc) is 3.04. The Hall–Kier alpha value is -2.69. The fourth-order valence-corrected chi connectivity index (χ4v) is 4.06. The molecule has 0 aromatic heterocycles. The molecular formula is C19H27FN3O8P. The van der Waals surface area contributed by atoms with Crippen LogP contribution in [0.4, 0.5) is 20.6 Å². The highest BCUT2D eigenvalue weighted by Gasteiger charge is 2.43. The number of nitrogens with one attached hydrogen (secondary N) is 1. The molecule has 2 amide bonds. The number of halogens is 1. The lowest BCUT2D eigenvalue weighted by Gasteiger charge is -2.28. The second kappa shape index (κ2) is 9.85. The maximum Gasteiger partial charge on any atom is 0.490 e. The summed E-state index contributed by atoms with van der Waals surface area (Å²) in [5.74, 6) is -2.51. The Bertz CT molecular complexity index is 936. The monoisotopic (exact) mass is 475 g/mol. The van der Waals surface area contributed by atoms with Gasteiger partial charge in [0.25, 0.3) is 0 Å². The number of aliphatic hydroxyl groups is 1. The summed E-state index contributed by atoms with van der Waals surface area (Å²) >= 11 is 0. The molecule has 0 saturated carbocycles. The van der Waals surface area contributed by atoms with E-state index in [1.165, 1.54) is 32.9 Å². The molecule has 1 aliphatic rings. The maximum absolute atomic E-state index is 14.2. The van der Waals surface area contributed by atoms with Crippen molar-refractivity contribution in [1.29, 1.82) is 0 Å². The van der Waals surface area contributed by atoms with Crippen molar-refractivity contribution in [3.8, 4) is 0 Å². The number of anilines is 2. The van der Waals surface area contributed by atoms with E-state index in [0.717, 1.165) is 17.9 Å². The Labute approximate surface area is 184 Å². The second-order valence-corrected chi connectivity index (χ2v) is 9.80. The summed E-state index contributed by atoms with van der Waals surface area (Å²) in [6.45, 7) is 4.75. The van der Waals surface area contributed by atoms with E-state index < -0.39 is 49.6 Å². The fourth-order valence-electron chi connectivity index (χ4n) is 2.73. The summed E-state index contributed by atoms with van der Waals surface area (Å²) in [4.78, 5) is 47.6. The zero-order valence-corrected chi connectivity index (χ0v) is 19.1. The first-order valence-corrected chi connectivity index (χ1v) is 11.3. The van der Waals surface area contributed by atoms with Gasteiger partial charge >= 0.3 is 19.8 Å². The highest BCUT2D eigenvalue weighted by molar-refractivity contribution is 7.51. The number of hydrogen-bond donors (Lipinski definition) is 3. The summed E-state index contributed by atoms with van der Waals surface area (Å²) in [5.41, 5.74) is -0.776. The number of rotatable bonds is 8. The van der Waals surface area contributed by atoms with Crippen molar-refractivity contribution in [2.45, 2.75) is 33.8 Å². The van der Waals surface area contributed by atoms with Gasteiger partial charge in [0.15, 0.2) is 0 Å². The number of carbonyl (C=O) groups is 3. The molecule has 0 aliphatic carbocycles. The van der Waals surface area contributed by atoms with Crippen molar-refractivity contribution < 1.29 is 42.6 Å². The quantitative estimate of drug-likeness (QED) is 0.481. The molecule has 178 valence electrons. The third kappa shape index (κ3) is 6.18. The number of hydrogen-bond acceptors (Lipinski definition) is 8. The number of carbonyl (C=O) groups excluding carboxylic acids is 3. The molecule has 1 fully saturated rings. The van der Waals surface area contributed by atoms with Crippen molar-refractivity contribution in [1.82, 2.24) is 4.67 Å². The highest BCUT2D eigenvalue weighted by Crippen LogP contribution is 2.48. The average molecular weight is 475 g/mol. The van der Waals surface area contributed by atoms with Crippen LogP contribution < -0.4 is 10.2 Å². The molecule has 2 rings (SSSR count). The lowest BCUT2D eigenvalue weighted by Crippen LogP contribution is -2.37. The molecule has 13 heteroatoms. The first-order valence-electron chi connectivity index (χ1n) is 9.74. The number of nitrogens with zero attached hydrogens (tertiary/aromatic N) is 2. The lowest BCUT2D eigenvalue weighted by atomic mass is 9.98. The van der Waals surface area contributed by atoms with Crippen LogP contribution >= 0.6 is 7.75 Å². The Morgan fingerprint density at radius 3 is 2.59 bits per heavy atom. The van der Waals surface area contributed by atoms with Gasteiger partial charge in [-0.05, 0) is 39.0 Å². The summed E-state index contributed by atoms with van der Waals surface area (Å²) in [7, 11) is -4.86. The van der Waals surface area contributed by atoms with Gasteiger partial charge in [-0.2, -0.15) is 0 Å². The predicted molar refractivity (Wildman–Crippen MR) is 112 cm³/mol.